The lowest BCUT2D eigenvalue weighted by Crippen LogP contribution is -2.45. The molecule has 1 amide bonds. The Morgan fingerprint density at radius 1 is 0.397 bits per heavy atom. The summed E-state index contributed by atoms with van der Waals surface area (Å²) in [4.78, 5) is 24.5. The molecule has 0 aliphatic heterocycles. The first-order valence-corrected chi connectivity index (χ1v) is 30.3. The van der Waals surface area contributed by atoms with E-state index >= 15 is 0 Å². The van der Waals surface area contributed by atoms with Crippen LogP contribution in [0.2, 0.25) is 0 Å². The van der Waals surface area contributed by atoms with Gasteiger partial charge in [0, 0.05) is 12.8 Å². The highest BCUT2D eigenvalue weighted by molar-refractivity contribution is 5.76. The SMILES string of the molecule is CCCCCC/C=C\CCCCCCCC(=O)OCCCCCCCCCCCCCC/C=C\CCCCCCCCCCC(=O)NC(CO)C(O)/C=C/CCCCCCCCCCCCCC. The number of aliphatic hydroxyl groups is 2. The highest BCUT2D eigenvalue weighted by atomic mass is 16.5. The Hall–Kier alpha value is -1.92. The van der Waals surface area contributed by atoms with Gasteiger partial charge in [0.15, 0.2) is 0 Å². The van der Waals surface area contributed by atoms with Crippen molar-refractivity contribution in [2.75, 3.05) is 13.2 Å². The van der Waals surface area contributed by atoms with Gasteiger partial charge in [0.1, 0.15) is 0 Å². The van der Waals surface area contributed by atoms with Crippen LogP contribution in [-0.2, 0) is 14.3 Å². The molecule has 6 nitrogen and oxygen atoms in total. The second kappa shape index (κ2) is 57.7. The summed E-state index contributed by atoms with van der Waals surface area (Å²) in [5.41, 5.74) is 0. The third-order valence-electron chi connectivity index (χ3n) is 13.9. The number of carbonyl (C=O) groups excluding carboxylic acids is 2. The Morgan fingerprint density at radius 2 is 0.691 bits per heavy atom. The van der Waals surface area contributed by atoms with Crippen LogP contribution in [0.4, 0.5) is 0 Å². The van der Waals surface area contributed by atoms with Crippen LogP contribution in [0.3, 0.4) is 0 Å². The van der Waals surface area contributed by atoms with Crippen LogP contribution in [0.5, 0.6) is 0 Å². The van der Waals surface area contributed by atoms with E-state index in [1.165, 1.54) is 250 Å². The predicted molar refractivity (Wildman–Crippen MR) is 296 cm³/mol. The number of rotatable bonds is 56. The molecule has 0 fully saturated rings. The van der Waals surface area contributed by atoms with E-state index in [4.69, 9.17) is 4.74 Å². The Labute approximate surface area is 424 Å². The minimum atomic E-state index is -0.847. The number of ether oxygens (including phenoxy) is 1. The van der Waals surface area contributed by atoms with Crippen molar-refractivity contribution >= 4 is 11.9 Å². The molecule has 0 bridgehead atoms. The first kappa shape index (κ1) is 66.1. The van der Waals surface area contributed by atoms with E-state index in [0.717, 1.165) is 44.9 Å². The molecule has 0 aromatic heterocycles. The van der Waals surface area contributed by atoms with E-state index in [1.807, 2.05) is 6.08 Å². The van der Waals surface area contributed by atoms with Gasteiger partial charge in [-0.1, -0.05) is 262 Å². The van der Waals surface area contributed by atoms with Crippen LogP contribution in [-0.4, -0.2) is 47.4 Å². The van der Waals surface area contributed by atoms with Gasteiger partial charge in [0.25, 0.3) is 0 Å². The lowest BCUT2D eigenvalue weighted by molar-refractivity contribution is -0.143. The normalized spacial score (nSPS) is 12.8. The second-order valence-corrected chi connectivity index (χ2v) is 20.7. The third kappa shape index (κ3) is 53.4. The van der Waals surface area contributed by atoms with Gasteiger partial charge in [-0.25, -0.2) is 0 Å². The largest absolute Gasteiger partial charge is 0.466 e. The smallest absolute Gasteiger partial charge is 0.305 e. The average molecular weight is 957 g/mol. The van der Waals surface area contributed by atoms with Crippen LogP contribution >= 0.6 is 0 Å². The molecule has 0 saturated heterocycles. The quantitative estimate of drug-likeness (QED) is 0.0321. The summed E-state index contributed by atoms with van der Waals surface area (Å²) in [5.74, 6) is -0.0695. The van der Waals surface area contributed by atoms with Crippen molar-refractivity contribution in [1.82, 2.24) is 5.32 Å². The Morgan fingerprint density at radius 3 is 1.06 bits per heavy atom. The molecule has 0 spiro atoms. The lowest BCUT2D eigenvalue weighted by atomic mass is 10.0. The summed E-state index contributed by atoms with van der Waals surface area (Å²) in [6, 6.07) is -0.631. The fourth-order valence-corrected chi connectivity index (χ4v) is 9.21. The van der Waals surface area contributed by atoms with Crippen molar-refractivity contribution < 1.29 is 24.5 Å². The van der Waals surface area contributed by atoms with Crippen molar-refractivity contribution in [3.8, 4) is 0 Å². The van der Waals surface area contributed by atoms with Crippen LogP contribution in [0.1, 0.15) is 322 Å². The number of unbranched alkanes of at least 4 members (excludes halogenated alkanes) is 41. The van der Waals surface area contributed by atoms with Gasteiger partial charge in [-0.05, 0) is 83.5 Å². The molecule has 0 aromatic carbocycles. The molecule has 0 aliphatic rings. The van der Waals surface area contributed by atoms with Crippen molar-refractivity contribution in [2.45, 2.75) is 334 Å². The fourth-order valence-electron chi connectivity index (χ4n) is 9.21. The van der Waals surface area contributed by atoms with Gasteiger partial charge in [-0.15, -0.1) is 0 Å². The van der Waals surface area contributed by atoms with E-state index < -0.39 is 12.1 Å². The van der Waals surface area contributed by atoms with Crippen LogP contribution in [0.25, 0.3) is 0 Å². The van der Waals surface area contributed by atoms with E-state index in [-0.39, 0.29) is 18.5 Å². The summed E-state index contributed by atoms with van der Waals surface area (Å²) in [6.07, 6.45) is 71.8. The Balaban J connectivity index is 3.43. The molecule has 0 saturated carbocycles. The first-order valence-electron chi connectivity index (χ1n) is 30.3. The van der Waals surface area contributed by atoms with Gasteiger partial charge in [-0.3, -0.25) is 9.59 Å². The minimum Gasteiger partial charge on any atom is -0.466 e. The zero-order valence-corrected chi connectivity index (χ0v) is 45.6. The van der Waals surface area contributed by atoms with Gasteiger partial charge in [0.05, 0.1) is 25.4 Å². The molecule has 400 valence electrons. The predicted octanol–water partition coefficient (Wildman–Crippen LogP) is 18.8. The summed E-state index contributed by atoms with van der Waals surface area (Å²) >= 11 is 0. The molecule has 2 atom stereocenters. The topological polar surface area (TPSA) is 95.9 Å². The molecule has 0 aliphatic carbocycles. The minimum absolute atomic E-state index is 0.00257. The van der Waals surface area contributed by atoms with Crippen molar-refractivity contribution in [3.05, 3.63) is 36.5 Å². The Kier molecular flexibility index (Phi) is 56.0. The van der Waals surface area contributed by atoms with Gasteiger partial charge < -0.3 is 20.3 Å². The number of esters is 1. The number of amides is 1. The first-order chi connectivity index (χ1) is 33.5. The zero-order chi connectivity index (χ0) is 49.3. The molecular weight excluding hydrogens is 839 g/mol. The van der Waals surface area contributed by atoms with Crippen LogP contribution < -0.4 is 5.32 Å². The summed E-state index contributed by atoms with van der Waals surface area (Å²) in [6.45, 7) is 4.89. The molecular formula is C62H117NO5. The standard InChI is InChI=1S/C62H117NO5/c1-3-5-7-9-11-13-15-17-31-34-38-42-46-50-54-60(65)59(58-64)63-61(66)55-51-47-43-39-35-32-28-26-24-22-20-18-19-21-23-25-27-29-33-37-41-45-49-53-57-68-62(67)56-52-48-44-40-36-30-16-14-12-10-8-6-4-2/h14,16,20,22,50,54,59-60,64-65H,3-13,15,17-19,21,23-49,51-53,55-58H2,1-2H3,(H,63,66)/b16-14-,22-20-,54-50+. The molecule has 2 unspecified atom stereocenters. The maximum absolute atomic E-state index is 12.4. The van der Waals surface area contributed by atoms with Crippen molar-refractivity contribution in [2.24, 2.45) is 0 Å². The zero-order valence-electron chi connectivity index (χ0n) is 45.6. The Bertz CT molecular complexity index is 1100. The maximum atomic E-state index is 12.4. The number of aliphatic hydroxyl groups excluding tert-OH is 2. The molecule has 0 aromatic rings. The maximum Gasteiger partial charge on any atom is 0.305 e. The summed E-state index contributed by atoms with van der Waals surface area (Å²) in [7, 11) is 0. The van der Waals surface area contributed by atoms with Crippen LogP contribution in [0, 0.1) is 0 Å². The highest BCUT2D eigenvalue weighted by Gasteiger charge is 2.18. The second-order valence-electron chi connectivity index (χ2n) is 20.7. The van der Waals surface area contributed by atoms with Gasteiger partial charge in [-0.2, -0.15) is 0 Å². The van der Waals surface area contributed by atoms with E-state index in [2.05, 4.69) is 43.5 Å². The average Bonchev–Trinajstić information content (AvgIpc) is 3.34. The van der Waals surface area contributed by atoms with Gasteiger partial charge >= 0.3 is 5.97 Å². The third-order valence-corrected chi connectivity index (χ3v) is 13.9. The fraction of sp³-hybridized carbons (Fsp3) is 0.871. The lowest BCUT2D eigenvalue weighted by Gasteiger charge is -2.20. The van der Waals surface area contributed by atoms with Gasteiger partial charge in [0.2, 0.25) is 5.91 Å². The van der Waals surface area contributed by atoms with Crippen molar-refractivity contribution in [1.29, 1.82) is 0 Å². The number of hydrogen-bond acceptors (Lipinski definition) is 5. The van der Waals surface area contributed by atoms with E-state index in [0.29, 0.717) is 19.4 Å². The van der Waals surface area contributed by atoms with E-state index in [1.54, 1.807) is 6.08 Å². The molecule has 6 heteroatoms. The molecule has 0 radical (unpaired) electrons. The molecule has 0 rings (SSSR count). The summed E-state index contributed by atoms with van der Waals surface area (Å²) in [5, 5.41) is 23.1. The van der Waals surface area contributed by atoms with E-state index in [9.17, 15) is 19.8 Å². The number of allylic oxidation sites excluding steroid dienone is 5. The van der Waals surface area contributed by atoms with Crippen LogP contribution in [0.15, 0.2) is 36.5 Å². The summed E-state index contributed by atoms with van der Waals surface area (Å²) < 4.78 is 5.47. The molecule has 68 heavy (non-hydrogen) atoms. The van der Waals surface area contributed by atoms with Crippen molar-refractivity contribution in [3.63, 3.8) is 0 Å². The monoisotopic (exact) mass is 956 g/mol. The molecule has 0 heterocycles. The number of hydrogen-bond donors (Lipinski definition) is 3. The number of nitrogens with one attached hydrogen (secondary N) is 1. The molecule has 3 N–H and O–H groups in total. The highest BCUT2D eigenvalue weighted by Crippen LogP contribution is 2.16. The number of carbonyl (C=O) groups is 2.